The van der Waals surface area contributed by atoms with E-state index in [9.17, 15) is 4.79 Å². The Morgan fingerprint density at radius 1 is 1.00 bits per heavy atom. The molecule has 4 heterocycles. The van der Waals surface area contributed by atoms with Crippen LogP contribution in [0.15, 0.2) is 53.2 Å². The Kier molecular flexibility index (Phi) is 2.95. The van der Waals surface area contributed by atoms with E-state index in [0.717, 1.165) is 24.2 Å². The summed E-state index contributed by atoms with van der Waals surface area (Å²) in [5, 5.41) is 8.41. The van der Waals surface area contributed by atoms with Gasteiger partial charge in [0.1, 0.15) is 6.04 Å². The second-order valence-electron chi connectivity index (χ2n) is 5.84. The second-order valence-corrected chi connectivity index (χ2v) is 7.87. The molecule has 5 heteroatoms. The molecular formula is C18H14N2OS2. The third-order valence-electron chi connectivity index (χ3n) is 4.56. The van der Waals surface area contributed by atoms with Crippen LogP contribution in [-0.2, 0) is 13.1 Å². The molecule has 114 valence electrons. The van der Waals surface area contributed by atoms with E-state index in [-0.39, 0.29) is 11.9 Å². The van der Waals surface area contributed by atoms with E-state index in [1.165, 1.54) is 15.3 Å². The lowest BCUT2D eigenvalue weighted by molar-refractivity contribution is -0.0415. The Balaban J connectivity index is 1.64. The van der Waals surface area contributed by atoms with Crippen LogP contribution in [0.3, 0.4) is 0 Å². The number of nitrogens with zero attached hydrogens (tertiary/aromatic N) is 2. The van der Waals surface area contributed by atoms with Crippen molar-refractivity contribution in [1.82, 2.24) is 10.0 Å². The van der Waals surface area contributed by atoms with Gasteiger partial charge < -0.3 is 0 Å². The van der Waals surface area contributed by atoms with Gasteiger partial charge in [-0.15, -0.1) is 22.7 Å². The first-order chi connectivity index (χ1) is 11.3. The molecular weight excluding hydrogens is 324 g/mol. The zero-order valence-corrected chi connectivity index (χ0v) is 13.9. The highest BCUT2D eigenvalue weighted by atomic mass is 32.1. The molecule has 1 aromatic carbocycles. The van der Waals surface area contributed by atoms with Crippen LogP contribution in [0.4, 0.5) is 0 Å². The van der Waals surface area contributed by atoms with E-state index in [1.807, 2.05) is 23.2 Å². The molecule has 0 saturated carbocycles. The fourth-order valence-corrected chi connectivity index (χ4v) is 5.20. The minimum absolute atomic E-state index is 0.0358. The van der Waals surface area contributed by atoms with Gasteiger partial charge in [0.25, 0.3) is 5.91 Å². The molecule has 0 saturated heterocycles. The van der Waals surface area contributed by atoms with Gasteiger partial charge in [-0.3, -0.25) is 9.80 Å². The van der Waals surface area contributed by atoms with Crippen LogP contribution in [0.5, 0.6) is 0 Å². The Morgan fingerprint density at radius 2 is 1.91 bits per heavy atom. The Labute approximate surface area is 142 Å². The number of amides is 1. The zero-order valence-electron chi connectivity index (χ0n) is 12.3. The lowest BCUT2D eigenvalue weighted by atomic mass is 9.97. The van der Waals surface area contributed by atoms with Crippen LogP contribution >= 0.6 is 22.7 Å². The van der Waals surface area contributed by atoms with E-state index >= 15 is 0 Å². The van der Waals surface area contributed by atoms with Crippen molar-refractivity contribution >= 4 is 28.6 Å². The quantitative estimate of drug-likeness (QED) is 0.696. The number of rotatable bonds is 2. The van der Waals surface area contributed by atoms with Crippen molar-refractivity contribution in [3.05, 3.63) is 79.7 Å². The monoisotopic (exact) mass is 338 g/mol. The summed E-state index contributed by atoms with van der Waals surface area (Å²) in [7, 11) is 0. The van der Waals surface area contributed by atoms with Crippen molar-refractivity contribution in [1.29, 1.82) is 0 Å². The predicted molar refractivity (Wildman–Crippen MR) is 92.3 cm³/mol. The smallest absolute Gasteiger partial charge is 0.268 e. The summed E-state index contributed by atoms with van der Waals surface area (Å²) in [4.78, 5) is 15.6. The topological polar surface area (TPSA) is 23.6 Å². The van der Waals surface area contributed by atoms with Crippen LogP contribution in [0, 0.1) is 0 Å². The number of benzene rings is 1. The molecule has 0 bridgehead atoms. The van der Waals surface area contributed by atoms with Gasteiger partial charge in [-0.25, -0.2) is 5.01 Å². The maximum absolute atomic E-state index is 13.0. The highest BCUT2D eigenvalue weighted by molar-refractivity contribution is 7.10. The molecule has 3 aromatic rings. The number of hydrazine groups is 1. The molecule has 1 atom stereocenters. The van der Waals surface area contributed by atoms with Gasteiger partial charge in [-0.2, -0.15) is 0 Å². The average Bonchev–Trinajstić information content (AvgIpc) is 3.28. The van der Waals surface area contributed by atoms with Gasteiger partial charge in [0, 0.05) is 15.3 Å². The van der Waals surface area contributed by atoms with Crippen molar-refractivity contribution < 1.29 is 4.79 Å². The Morgan fingerprint density at radius 3 is 2.78 bits per heavy atom. The fourth-order valence-electron chi connectivity index (χ4n) is 3.57. The maximum atomic E-state index is 13.0. The largest absolute Gasteiger partial charge is 0.269 e. The van der Waals surface area contributed by atoms with Gasteiger partial charge in [0.15, 0.2) is 0 Å². The number of thiophene rings is 2. The van der Waals surface area contributed by atoms with E-state index in [0.29, 0.717) is 0 Å². The lowest BCUT2D eigenvalue weighted by Gasteiger charge is -2.40. The predicted octanol–water partition coefficient (Wildman–Crippen LogP) is 4.29. The Bertz CT molecular complexity index is 884. The highest BCUT2D eigenvalue weighted by Crippen LogP contribution is 2.46. The summed E-state index contributed by atoms with van der Waals surface area (Å²) >= 11 is 3.53. The van der Waals surface area contributed by atoms with Gasteiger partial charge in [-0.1, -0.05) is 24.3 Å². The normalized spacial score (nSPS) is 19.6. The number of hydrogen-bond acceptors (Lipinski definition) is 4. The molecule has 0 spiro atoms. The molecule has 0 fully saturated rings. The van der Waals surface area contributed by atoms with Crippen LogP contribution in [-0.4, -0.2) is 15.9 Å². The molecule has 3 nitrogen and oxygen atoms in total. The molecule has 23 heavy (non-hydrogen) atoms. The first-order valence-corrected chi connectivity index (χ1v) is 9.35. The summed E-state index contributed by atoms with van der Waals surface area (Å²) in [5.41, 5.74) is 3.26. The first kappa shape index (κ1) is 13.5. The van der Waals surface area contributed by atoms with Crippen LogP contribution in [0.2, 0.25) is 0 Å². The molecule has 0 radical (unpaired) electrons. The zero-order chi connectivity index (χ0) is 15.4. The number of carbonyl (C=O) groups excluding carboxylic acids is 1. The summed E-state index contributed by atoms with van der Waals surface area (Å²) in [6.07, 6.45) is 0. The molecule has 1 amide bonds. The standard InChI is InChI=1S/C18H14N2OS2/c21-18-14-6-2-1-5-13(14)17-15-7-9-23-16(15)11-19(20(17)18)10-12-4-3-8-22-12/h1-9,17H,10-11H2. The summed E-state index contributed by atoms with van der Waals surface area (Å²) < 4.78 is 0. The number of hydrogen-bond donors (Lipinski definition) is 0. The molecule has 1 unspecified atom stereocenters. The number of carbonyl (C=O) groups is 1. The maximum Gasteiger partial charge on any atom is 0.269 e. The van der Waals surface area contributed by atoms with Crippen molar-refractivity contribution in [3.63, 3.8) is 0 Å². The van der Waals surface area contributed by atoms with Crippen LogP contribution in [0.1, 0.15) is 37.3 Å². The van der Waals surface area contributed by atoms with E-state index < -0.39 is 0 Å². The molecule has 5 rings (SSSR count). The average molecular weight is 338 g/mol. The van der Waals surface area contributed by atoms with Crippen molar-refractivity contribution in [2.75, 3.05) is 0 Å². The first-order valence-electron chi connectivity index (χ1n) is 7.59. The summed E-state index contributed by atoms with van der Waals surface area (Å²) in [6, 6.07) is 14.4. The van der Waals surface area contributed by atoms with E-state index in [1.54, 1.807) is 22.7 Å². The van der Waals surface area contributed by atoms with Crippen LogP contribution < -0.4 is 0 Å². The van der Waals surface area contributed by atoms with E-state index in [4.69, 9.17) is 0 Å². The van der Waals surface area contributed by atoms with Gasteiger partial charge in [0.2, 0.25) is 0 Å². The fraction of sp³-hybridized carbons (Fsp3) is 0.167. The third kappa shape index (κ3) is 1.94. The lowest BCUT2D eigenvalue weighted by Crippen LogP contribution is -2.47. The SMILES string of the molecule is O=C1c2ccccc2C2c3ccsc3CN(Cc3cccs3)N12. The van der Waals surface area contributed by atoms with Gasteiger partial charge in [-0.05, 0) is 40.1 Å². The Hall–Kier alpha value is -1.95. The van der Waals surface area contributed by atoms with Gasteiger partial charge in [0.05, 0.1) is 13.1 Å². The molecule has 2 aliphatic rings. The van der Waals surface area contributed by atoms with Gasteiger partial charge >= 0.3 is 0 Å². The molecule has 0 aliphatic carbocycles. The molecule has 2 aromatic heterocycles. The van der Waals surface area contributed by atoms with Crippen molar-refractivity contribution in [2.24, 2.45) is 0 Å². The number of fused-ring (bicyclic) bond motifs is 5. The third-order valence-corrected chi connectivity index (χ3v) is 6.34. The summed E-state index contributed by atoms with van der Waals surface area (Å²) in [5.74, 6) is 0.124. The van der Waals surface area contributed by atoms with Crippen molar-refractivity contribution in [3.8, 4) is 0 Å². The minimum atomic E-state index is 0.0358. The van der Waals surface area contributed by atoms with E-state index in [2.05, 4.69) is 40.0 Å². The molecule has 0 N–H and O–H groups in total. The minimum Gasteiger partial charge on any atom is -0.268 e. The van der Waals surface area contributed by atoms with Crippen molar-refractivity contribution in [2.45, 2.75) is 19.1 Å². The second kappa shape index (κ2) is 5.03. The summed E-state index contributed by atoms with van der Waals surface area (Å²) in [6.45, 7) is 1.59. The highest BCUT2D eigenvalue weighted by Gasteiger charge is 2.45. The van der Waals surface area contributed by atoms with Crippen LogP contribution in [0.25, 0.3) is 0 Å². The molecule has 2 aliphatic heterocycles.